The molecule has 0 saturated carbocycles. The summed E-state index contributed by atoms with van der Waals surface area (Å²) in [7, 11) is 0. The summed E-state index contributed by atoms with van der Waals surface area (Å²) in [6.45, 7) is 0. The number of rotatable bonds is 2. The molecule has 5 heteroatoms. The van der Waals surface area contributed by atoms with Gasteiger partial charge in [-0.2, -0.15) is 0 Å². The standard InChI is InChI=1S/C12H10N2O3/c13-11(15)9-5-7-3-1-2-4-8(7)6-10(9)12(16)14-17/h1-6,17H,(H2,13,15)(H,14,16). The summed E-state index contributed by atoms with van der Waals surface area (Å²) in [6.07, 6.45) is 0. The fourth-order valence-electron chi connectivity index (χ4n) is 1.69. The van der Waals surface area contributed by atoms with E-state index in [1.54, 1.807) is 6.07 Å². The zero-order chi connectivity index (χ0) is 12.4. The minimum atomic E-state index is -0.760. The van der Waals surface area contributed by atoms with Crippen LogP contribution in [0.25, 0.3) is 10.8 Å². The van der Waals surface area contributed by atoms with E-state index in [4.69, 9.17) is 10.9 Å². The molecule has 2 amide bonds. The largest absolute Gasteiger partial charge is 0.366 e. The Kier molecular flexibility index (Phi) is 2.76. The summed E-state index contributed by atoms with van der Waals surface area (Å²) in [4.78, 5) is 22.7. The van der Waals surface area contributed by atoms with E-state index in [0.717, 1.165) is 10.8 Å². The molecule has 4 N–H and O–H groups in total. The lowest BCUT2D eigenvalue weighted by Crippen LogP contribution is -2.24. The molecule has 0 saturated heterocycles. The average molecular weight is 230 g/mol. The van der Waals surface area contributed by atoms with Crippen molar-refractivity contribution in [3.05, 3.63) is 47.5 Å². The predicted molar refractivity (Wildman–Crippen MR) is 61.7 cm³/mol. The molecule has 17 heavy (non-hydrogen) atoms. The average Bonchev–Trinajstić information content (AvgIpc) is 2.36. The van der Waals surface area contributed by atoms with E-state index in [-0.39, 0.29) is 11.1 Å². The Bertz CT molecular complexity index is 608. The first-order valence-electron chi connectivity index (χ1n) is 4.90. The Morgan fingerprint density at radius 3 is 2.06 bits per heavy atom. The first-order valence-corrected chi connectivity index (χ1v) is 4.90. The van der Waals surface area contributed by atoms with Crippen molar-refractivity contribution < 1.29 is 14.8 Å². The van der Waals surface area contributed by atoms with Gasteiger partial charge in [-0.1, -0.05) is 24.3 Å². The van der Waals surface area contributed by atoms with Crippen LogP contribution in [0.1, 0.15) is 20.7 Å². The van der Waals surface area contributed by atoms with Gasteiger partial charge in [0.2, 0.25) is 5.91 Å². The molecule has 0 unspecified atom stereocenters. The number of primary amides is 1. The summed E-state index contributed by atoms with van der Waals surface area (Å²) >= 11 is 0. The van der Waals surface area contributed by atoms with Crippen LogP contribution in [0, 0.1) is 0 Å². The highest BCUT2D eigenvalue weighted by Crippen LogP contribution is 2.19. The predicted octanol–water partition coefficient (Wildman–Crippen LogP) is 1.06. The van der Waals surface area contributed by atoms with Crippen LogP contribution in [-0.4, -0.2) is 17.0 Å². The first-order chi connectivity index (χ1) is 8.13. The number of carbonyl (C=O) groups is 2. The molecule has 0 aliphatic rings. The van der Waals surface area contributed by atoms with Gasteiger partial charge in [-0.25, -0.2) is 5.48 Å². The molecule has 0 heterocycles. The van der Waals surface area contributed by atoms with Gasteiger partial charge >= 0.3 is 0 Å². The number of hydrogen-bond acceptors (Lipinski definition) is 3. The molecule has 2 aromatic rings. The molecule has 0 aliphatic carbocycles. The number of nitrogens with two attached hydrogens (primary N) is 1. The molecule has 2 aromatic carbocycles. The van der Waals surface area contributed by atoms with Gasteiger partial charge in [0.25, 0.3) is 5.91 Å². The van der Waals surface area contributed by atoms with Crippen molar-refractivity contribution in [2.45, 2.75) is 0 Å². The van der Waals surface area contributed by atoms with E-state index in [2.05, 4.69) is 0 Å². The van der Waals surface area contributed by atoms with Crippen molar-refractivity contribution >= 4 is 22.6 Å². The molecule has 0 aliphatic heterocycles. The highest BCUT2D eigenvalue weighted by atomic mass is 16.5. The first kappa shape index (κ1) is 11.1. The third-order valence-electron chi connectivity index (χ3n) is 2.50. The molecule has 0 bridgehead atoms. The van der Waals surface area contributed by atoms with Crippen molar-refractivity contribution in [2.24, 2.45) is 5.73 Å². The minimum absolute atomic E-state index is 0.0544. The summed E-state index contributed by atoms with van der Waals surface area (Å²) in [5, 5.41) is 10.2. The monoisotopic (exact) mass is 230 g/mol. The van der Waals surface area contributed by atoms with Gasteiger partial charge in [-0.05, 0) is 22.9 Å². The zero-order valence-electron chi connectivity index (χ0n) is 8.81. The number of hydroxylamine groups is 1. The van der Waals surface area contributed by atoms with E-state index < -0.39 is 11.8 Å². The fraction of sp³-hybridized carbons (Fsp3) is 0. The maximum atomic E-state index is 11.4. The SMILES string of the molecule is NC(=O)c1cc2ccccc2cc1C(=O)NO. The highest BCUT2D eigenvalue weighted by molar-refractivity contribution is 6.09. The molecule has 0 spiro atoms. The second-order valence-electron chi connectivity index (χ2n) is 3.55. The molecular formula is C12H10N2O3. The summed E-state index contributed by atoms with van der Waals surface area (Å²) < 4.78 is 0. The number of hydrogen-bond donors (Lipinski definition) is 3. The fourth-order valence-corrected chi connectivity index (χ4v) is 1.69. The smallest absolute Gasteiger partial charge is 0.275 e. The van der Waals surface area contributed by atoms with Crippen molar-refractivity contribution in [3.63, 3.8) is 0 Å². The Labute approximate surface area is 96.8 Å². The summed E-state index contributed by atoms with van der Waals surface area (Å²) in [6, 6.07) is 10.3. The lowest BCUT2D eigenvalue weighted by molar-refractivity contribution is 0.0703. The Morgan fingerprint density at radius 1 is 1.06 bits per heavy atom. The van der Waals surface area contributed by atoms with Crippen LogP contribution in [-0.2, 0) is 0 Å². The Balaban J connectivity index is 2.75. The van der Waals surface area contributed by atoms with Crippen LogP contribution in [0.15, 0.2) is 36.4 Å². The maximum Gasteiger partial charge on any atom is 0.275 e. The van der Waals surface area contributed by atoms with E-state index in [1.807, 2.05) is 18.2 Å². The number of carbonyl (C=O) groups excluding carboxylic acids is 2. The van der Waals surface area contributed by atoms with E-state index >= 15 is 0 Å². The molecule has 0 fully saturated rings. The summed E-state index contributed by atoms with van der Waals surface area (Å²) in [5.41, 5.74) is 6.83. The van der Waals surface area contributed by atoms with Crippen molar-refractivity contribution in [2.75, 3.05) is 0 Å². The van der Waals surface area contributed by atoms with Crippen molar-refractivity contribution in [1.82, 2.24) is 5.48 Å². The van der Waals surface area contributed by atoms with Gasteiger partial charge in [-0.3, -0.25) is 14.8 Å². The van der Waals surface area contributed by atoms with Crippen LogP contribution in [0.3, 0.4) is 0 Å². The molecule has 0 aromatic heterocycles. The number of benzene rings is 2. The van der Waals surface area contributed by atoms with E-state index in [9.17, 15) is 9.59 Å². The topological polar surface area (TPSA) is 92.4 Å². The van der Waals surface area contributed by atoms with Crippen LogP contribution in [0.2, 0.25) is 0 Å². The Morgan fingerprint density at radius 2 is 1.59 bits per heavy atom. The van der Waals surface area contributed by atoms with Gasteiger partial charge in [0.15, 0.2) is 0 Å². The quantitative estimate of drug-likeness (QED) is 0.532. The molecule has 0 radical (unpaired) electrons. The Hall–Kier alpha value is -2.40. The van der Waals surface area contributed by atoms with E-state index in [0.29, 0.717) is 0 Å². The summed E-state index contributed by atoms with van der Waals surface area (Å²) in [5.74, 6) is -1.47. The molecule has 2 rings (SSSR count). The lowest BCUT2D eigenvalue weighted by Gasteiger charge is -2.07. The van der Waals surface area contributed by atoms with E-state index in [1.165, 1.54) is 17.6 Å². The van der Waals surface area contributed by atoms with Crippen LogP contribution >= 0.6 is 0 Å². The van der Waals surface area contributed by atoms with Crippen LogP contribution < -0.4 is 11.2 Å². The number of fused-ring (bicyclic) bond motifs is 1. The van der Waals surface area contributed by atoms with Gasteiger partial charge in [0.1, 0.15) is 0 Å². The van der Waals surface area contributed by atoms with Crippen LogP contribution in [0.5, 0.6) is 0 Å². The second kappa shape index (κ2) is 4.23. The van der Waals surface area contributed by atoms with Gasteiger partial charge in [-0.15, -0.1) is 0 Å². The minimum Gasteiger partial charge on any atom is -0.366 e. The van der Waals surface area contributed by atoms with Gasteiger partial charge in [0, 0.05) is 0 Å². The lowest BCUT2D eigenvalue weighted by atomic mass is 10.00. The van der Waals surface area contributed by atoms with Crippen molar-refractivity contribution in [3.8, 4) is 0 Å². The third-order valence-corrected chi connectivity index (χ3v) is 2.50. The molecular weight excluding hydrogens is 220 g/mol. The number of amides is 2. The number of nitrogens with one attached hydrogen (secondary N) is 1. The molecule has 86 valence electrons. The normalized spacial score (nSPS) is 10.2. The van der Waals surface area contributed by atoms with Gasteiger partial charge in [0.05, 0.1) is 11.1 Å². The van der Waals surface area contributed by atoms with Crippen LogP contribution in [0.4, 0.5) is 0 Å². The zero-order valence-corrected chi connectivity index (χ0v) is 8.81. The second-order valence-corrected chi connectivity index (χ2v) is 3.55. The molecule has 5 nitrogen and oxygen atoms in total. The highest BCUT2D eigenvalue weighted by Gasteiger charge is 2.15. The third kappa shape index (κ3) is 1.95. The maximum absolute atomic E-state index is 11.4. The van der Waals surface area contributed by atoms with Crippen molar-refractivity contribution in [1.29, 1.82) is 0 Å². The molecule has 0 atom stereocenters. The van der Waals surface area contributed by atoms with Gasteiger partial charge < -0.3 is 5.73 Å².